The molecule has 4 nitrogen and oxygen atoms in total. The second-order valence-electron chi connectivity index (χ2n) is 4.28. The Morgan fingerprint density at radius 2 is 2.30 bits per heavy atom. The molecule has 1 aromatic rings. The number of guanidine groups is 1. The maximum Gasteiger partial charge on any atom is 0.191 e. The van der Waals surface area contributed by atoms with E-state index in [0.717, 1.165) is 6.54 Å². The highest BCUT2D eigenvalue weighted by atomic mass is 19.1. The van der Waals surface area contributed by atoms with Gasteiger partial charge in [-0.3, -0.25) is 0 Å². The normalized spacial score (nSPS) is 12.7. The van der Waals surface area contributed by atoms with Crippen LogP contribution in [-0.2, 0) is 0 Å². The van der Waals surface area contributed by atoms with Gasteiger partial charge in [-0.1, -0.05) is 12.1 Å². The Morgan fingerprint density at radius 1 is 1.50 bits per heavy atom. The van der Waals surface area contributed by atoms with Gasteiger partial charge in [-0.25, -0.2) is 9.38 Å². The Kier molecular flexibility index (Phi) is 7.17. The molecule has 2 N–H and O–H groups in total. The van der Waals surface area contributed by atoms with Crippen molar-refractivity contribution in [3.8, 4) is 5.75 Å². The van der Waals surface area contributed by atoms with E-state index in [9.17, 15) is 4.39 Å². The molecule has 0 aliphatic carbocycles. The number of hydrogen-bond donors (Lipinski definition) is 2. The van der Waals surface area contributed by atoms with Gasteiger partial charge in [0.2, 0.25) is 0 Å². The minimum atomic E-state index is -0.306. The SMILES string of the molecule is C=CCNC(=NCC(C)Oc1cccc(F)c1)NCC. The molecule has 1 aromatic carbocycles. The predicted octanol–water partition coefficient (Wildman–Crippen LogP) is 2.33. The Hall–Kier alpha value is -2.04. The van der Waals surface area contributed by atoms with E-state index in [2.05, 4.69) is 22.2 Å². The van der Waals surface area contributed by atoms with Crippen LogP contribution in [0.15, 0.2) is 41.9 Å². The summed E-state index contributed by atoms with van der Waals surface area (Å²) < 4.78 is 18.6. The summed E-state index contributed by atoms with van der Waals surface area (Å²) in [4.78, 5) is 4.40. The molecule has 0 aliphatic rings. The van der Waals surface area contributed by atoms with Gasteiger partial charge in [0.15, 0.2) is 5.96 Å². The molecule has 0 saturated carbocycles. The average Bonchev–Trinajstić information content (AvgIpc) is 2.42. The van der Waals surface area contributed by atoms with Crippen molar-refractivity contribution in [3.63, 3.8) is 0 Å². The first-order chi connectivity index (χ1) is 9.65. The molecule has 0 heterocycles. The van der Waals surface area contributed by atoms with Gasteiger partial charge in [-0.15, -0.1) is 6.58 Å². The highest BCUT2D eigenvalue weighted by molar-refractivity contribution is 5.79. The summed E-state index contributed by atoms with van der Waals surface area (Å²) in [5, 5.41) is 6.23. The largest absolute Gasteiger partial charge is 0.489 e. The Labute approximate surface area is 119 Å². The molecule has 0 saturated heterocycles. The number of ether oxygens (including phenoxy) is 1. The standard InChI is InChI=1S/C15H22FN3O/c1-4-9-18-15(17-5-2)19-11-12(3)20-14-8-6-7-13(16)10-14/h4,6-8,10,12H,1,5,9,11H2,2-3H3,(H2,17,18,19). The van der Waals surface area contributed by atoms with Crippen LogP contribution < -0.4 is 15.4 Å². The zero-order valence-corrected chi connectivity index (χ0v) is 12.0. The van der Waals surface area contributed by atoms with Gasteiger partial charge >= 0.3 is 0 Å². The fourth-order valence-electron chi connectivity index (χ4n) is 1.54. The van der Waals surface area contributed by atoms with Gasteiger partial charge in [-0.05, 0) is 26.0 Å². The molecule has 5 heteroatoms. The summed E-state index contributed by atoms with van der Waals surface area (Å²) in [5.74, 6) is 0.915. The molecule has 1 atom stereocenters. The maximum atomic E-state index is 13.0. The van der Waals surface area contributed by atoms with E-state index in [1.165, 1.54) is 12.1 Å². The zero-order valence-electron chi connectivity index (χ0n) is 12.0. The van der Waals surface area contributed by atoms with Gasteiger partial charge < -0.3 is 15.4 Å². The molecule has 110 valence electrons. The Balaban J connectivity index is 2.50. The lowest BCUT2D eigenvalue weighted by Gasteiger charge is -2.14. The first-order valence-electron chi connectivity index (χ1n) is 6.71. The number of halogens is 1. The lowest BCUT2D eigenvalue weighted by Crippen LogP contribution is -2.38. The van der Waals surface area contributed by atoms with Gasteiger partial charge in [-0.2, -0.15) is 0 Å². The lowest BCUT2D eigenvalue weighted by molar-refractivity contribution is 0.229. The van der Waals surface area contributed by atoms with Crippen LogP contribution in [0.4, 0.5) is 4.39 Å². The molecule has 0 spiro atoms. The topological polar surface area (TPSA) is 45.7 Å². The molecular formula is C15H22FN3O. The van der Waals surface area contributed by atoms with Crippen molar-refractivity contribution in [2.24, 2.45) is 4.99 Å². The van der Waals surface area contributed by atoms with Gasteiger partial charge in [0, 0.05) is 19.2 Å². The first kappa shape index (κ1) is 16.0. The van der Waals surface area contributed by atoms with Gasteiger partial charge in [0.1, 0.15) is 17.7 Å². The lowest BCUT2D eigenvalue weighted by atomic mass is 10.3. The average molecular weight is 279 g/mol. The zero-order chi connectivity index (χ0) is 14.8. The minimum Gasteiger partial charge on any atom is -0.489 e. The van der Waals surface area contributed by atoms with Crippen LogP contribution in [0, 0.1) is 5.82 Å². The van der Waals surface area contributed by atoms with Crippen LogP contribution in [0.1, 0.15) is 13.8 Å². The van der Waals surface area contributed by atoms with E-state index >= 15 is 0 Å². The third-order valence-electron chi connectivity index (χ3n) is 2.40. The number of rotatable bonds is 7. The molecule has 0 aromatic heterocycles. The molecule has 20 heavy (non-hydrogen) atoms. The number of hydrogen-bond acceptors (Lipinski definition) is 2. The minimum absolute atomic E-state index is 0.143. The summed E-state index contributed by atoms with van der Waals surface area (Å²) in [6, 6.07) is 6.10. The number of nitrogens with zero attached hydrogens (tertiary/aromatic N) is 1. The third kappa shape index (κ3) is 6.22. The van der Waals surface area contributed by atoms with E-state index in [-0.39, 0.29) is 11.9 Å². The van der Waals surface area contributed by atoms with Crippen LogP contribution in [0.25, 0.3) is 0 Å². The van der Waals surface area contributed by atoms with E-state index in [1.54, 1.807) is 18.2 Å². The first-order valence-corrected chi connectivity index (χ1v) is 6.71. The molecule has 0 fully saturated rings. The number of aliphatic imine (C=N–C) groups is 1. The summed E-state index contributed by atoms with van der Waals surface area (Å²) in [6.07, 6.45) is 1.62. The highest BCUT2D eigenvalue weighted by Gasteiger charge is 2.05. The fourth-order valence-corrected chi connectivity index (χ4v) is 1.54. The van der Waals surface area contributed by atoms with Gasteiger partial charge in [0.25, 0.3) is 0 Å². The van der Waals surface area contributed by atoms with Crippen LogP contribution in [0.3, 0.4) is 0 Å². The molecule has 0 aliphatic heterocycles. The van der Waals surface area contributed by atoms with E-state index < -0.39 is 0 Å². The van der Waals surface area contributed by atoms with Crippen molar-refractivity contribution in [2.75, 3.05) is 19.6 Å². The molecule has 1 rings (SSSR count). The number of benzene rings is 1. The van der Waals surface area contributed by atoms with E-state index in [1.807, 2.05) is 13.8 Å². The summed E-state index contributed by atoms with van der Waals surface area (Å²) in [7, 11) is 0. The Bertz CT molecular complexity index is 448. The van der Waals surface area contributed by atoms with Crippen molar-refractivity contribution < 1.29 is 9.13 Å². The molecule has 0 bridgehead atoms. The fraction of sp³-hybridized carbons (Fsp3) is 0.400. The maximum absolute atomic E-state index is 13.0. The third-order valence-corrected chi connectivity index (χ3v) is 2.40. The Morgan fingerprint density at radius 3 is 2.95 bits per heavy atom. The van der Waals surface area contributed by atoms with Crippen molar-refractivity contribution in [2.45, 2.75) is 20.0 Å². The molecule has 1 unspecified atom stereocenters. The van der Waals surface area contributed by atoms with Crippen LogP contribution in [0.5, 0.6) is 5.75 Å². The van der Waals surface area contributed by atoms with Crippen LogP contribution in [-0.4, -0.2) is 31.7 Å². The smallest absolute Gasteiger partial charge is 0.191 e. The van der Waals surface area contributed by atoms with Crippen LogP contribution in [0.2, 0.25) is 0 Å². The quantitative estimate of drug-likeness (QED) is 0.457. The summed E-state index contributed by atoms with van der Waals surface area (Å²) >= 11 is 0. The van der Waals surface area contributed by atoms with Crippen molar-refractivity contribution in [1.29, 1.82) is 0 Å². The summed E-state index contributed by atoms with van der Waals surface area (Å²) in [6.45, 7) is 9.44. The van der Waals surface area contributed by atoms with E-state index in [0.29, 0.717) is 24.8 Å². The summed E-state index contributed by atoms with van der Waals surface area (Å²) in [5.41, 5.74) is 0. The van der Waals surface area contributed by atoms with Crippen molar-refractivity contribution >= 4 is 5.96 Å². The number of nitrogens with one attached hydrogen (secondary N) is 2. The molecule has 0 amide bonds. The van der Waals surface area contributed by atoms with Crippen LogP contribution >= 0.6 is 0 Å². The van der Waals surface area contributed by atoms with Gasteiger partial charge in [0.05, 0.1) is 6.54 Å². The highest BCUT2D eigenvalue weighted by Crippen LogP contribution is 2.13. The molecule has 0 radical (unpaired) electrons. The second kappa shape index (κ2) is 8.96. The monoisotopic (exact) mass is 279 g/mol. The predicted molar refractivity (Wildman–Crippen MR) is 80.7 cm³/mol. The van der Waals surface area contributed by atoms with Crippen molar-refractivity contribution in [1.82, 2.24) is 10.6 Å². The van der Waals surface area contributed by atoms with E-state index in [4.69, 9.17) is 4.74 Å². The van der Waals surface area contributed by atoms with Crippen molar-refractivity contribution in [3.05, 3.63) is 42.7 Å². The molecular weight excluding hydrogens is 257 g/mol. The second-order valence-corrected chi connectivity index (χ2v) is 4.28.